The number of hydrogen-bond donors (Lipinski definition) is 1. The summed E-state index contributed by atoms with van der Waals surface area (Å²) in [5.74, 6) is 0.589. The summed E-state index contributed by atoms with van der Waals surface area (Å²) in [6.07, 6.45) is 0.828. The molecule has 120 valence electrons. The number of hydrogen-bond acceptors (Lipinski definition) is 4. The molecule has 2 heterocycles. The number of nitrogens with zero attached hydrogens (tertiary/aromatic N) is 3. The van der Waals surface area contributed by atoms with E-state index in [1.165, 1.54) is 24.3 Å². The molecule has 1 aromatic heterocycles. The zero-order valence-electron chi connectivity index (χ0n) is 12.6. The van der Waals surface area contributed by atoms with Gasteiger partial charge in [-0.3, -0.25) is 10.1 Å². The van der Waals surface area contributed by atoms with Crippen LogP contribution in [-0.2, 0) is 6.42 Å². The van der Waals surface area contributed by atoms with Crippen molar-refractivity contribution in [3.8, 4) is 16.9 Å². The molecule has 6 nitrogen and oxygen atoms in total. The SMILES string of the molecule is O=[N+]([O-])c1ccc(-n2nc(-c3ccc(F)cc3)c3c2NCC3)cc1. The molecule has 2 aromatic carbocycles. The summed E-state index contributed by atoms with van der Waals surface area (Å²) in [6, 6.07) is 12.5. The number of halogens is 1. The van der Waals surface area contributed by atoms with E-state index < -0.39 is 4.92 Å². The lowest BCUT2D eigenvalue weighted by Crippen LogP contribution is -2.04. The largest absolute Gasteiger partial charge is 0.369 e. The molecule has 7 heteroatoms. The highest BCUT2D eigenvalue weighted by Gasteiger charge is 2.24. The number of benzene rings is 2. The minimum absolute atomic E-state index is 0.0364. The van der Waals surface area contributed by atoms with Crippen LogP contribution in [0.5, 0.6) is 0 Å². The molecule has 0 bridgehead atoms. The molecule has 0 radical (unpaired) electrons. The maximum Gasteiger partial charge on any atom is 0.269 e. The van der Waals surface area contributed by atoms with Crippen molar-refractivity contribution in [2.75, 3.05) is 11.9 Å². The van der Waals surface area contributed by atoms with E-state index in [1.807, 2.05) is 0 Å². The Morgan fingerprint density at radius 1 is 1.12 bits per heavy atom. The molecule has 0 aliphatic carbocycles. The number of nitro groups is 1. The van der Waals surface area contributed by atoms with Crippen LogP contribution >= 0.6 is 0 Å². The zero-order valence-corrected chi connectivity index (χ0v) is 12.6. The van der Waals surface area contributed by atoms with Crippen LogP contribution in [0.3, 0.4) is 0 Å². The maximum atomic E-state index is 13.2. The van der Waals surface area contributed by atoms with Gasteiger partial charge in [0.1, 0.15) is 11.6 Å². The Kier molecular flexibility index (Phi) is 3.26. The quantitative estimate of drug-likeness (QED) is 0.590. The van der Waals surface area contributed by atoms with Crippen molar-refractivity contribution >= 4 is 11.5 Å². The molecule has 0 amide bonds. The van der Waals surface area contributed by atoms with E-state index in [2.05, 4.69) is 10.4 Å². The topological polar surface area (TPSA) is 73.0 Å². The average molecular weight is 324 g/mol. The first-order valence-corrected chi connectivity index (χ1v) is 7.50. The standard InChI is InChI=1S/C17H13FN4O2/c18-12-3-1-11(2-4-12)16-15-9-10-19-17(15)21(20-16)13-5-7-14(8-6-13)22(23)24/h1-8,19H,9-10H2. The van der Waals surface area contributed by atoms with Crippen molar-refractivity contribution < 1.29 is 9.31 Å². The minimum Gasteiger partial charge on any atom is -0.369 e. The van der Waals surface area contributed by atoms with Crippen molar-refractivity contribution in [1.29, 1.82) is 0 Å². The van der Waals surface area contributed by atoms with Gasteiger partial charge in [0.05, 0.1) is 16.3 Å². The van der Waals surface area contributed by atoms with E-state index in [9.17, 15) is 14.5 Å². The number of non-ortho nitro benzene ring substituents is 1. The average Bonchev–Trinajstić information content (AvgIpc) is 3.18. The van der Waals surface area contributed by atoms with Crippen LogP contribution in [0.4, 0.5) is 15.9 Å². The van der Waals surface area contributed by atoms with Crippen molar-refractivity contribution in [3.05, 3.63) is 70.0 Å². The summed E-state index contributed by atoms with van der Waals surface area (Å²) >= 11 is 0. The van der Waals surface area contributed by atoms with Crippen LogP contribution in [0.15, 0.2) is 48.5 Å². The molecular formula is C17H13FN4O2. The van der Waals surface area contributed by atoms with Gasteiger partial charge in [-0.2, -0.15) is 5.10 Å². The Bertz CT molecular complexity index is 917. The first-order valence-electron chi connectivity index (χ1n) is 7.50. The molecule has 0 atom stereocenters. The fourth-order valence-electron chi connectivity index (χ4n) is 2.92. The first kappa shape index (κ1) is 14.4. The number of nitrogens with one attached hydrogen (secondary N) is 1. The third-order valence-corrected chi connectivity index (χ3v) is 4.07. The molecule has 0 unspecified atom stereocenters. The van der Waals surface area contributed by atoms with Crippen LogP contribution in [-0.4, -0.2) is 21.2 Å². The Morgan fingerprint density at radius 2 is 1.83 bits per heavy atom. The summed E-state index contributed by atoms with van der Waals surface area (Å²) in [5.41, 5.74) is 3.49. The number of rotatable bonds is 3. The normalized spacial score (nSPS) is 12.7. The summed E-state index contributed by atoms with van der Waals surface area (Å²) in [4.78, 5) is 10.4. The van der Waals surface area contributed by atoms with E-state index in [0.29, 0.717) is 0 Å². The third-order valence-electron chi connectivity index (χ3n) is 4.07. The number of anilines is 1. The van der Waals surface area contributed by atoms with Gasteiger partial charge >= 0.3 is 0 Å². The van der Waals surface area contributed by atoms with Gasteiger partial charge < -0.3 is 5.32 Å². The van der Waals surface area contributed by atoms with Crippen LogP contribution in [0.1, 0.15) is 5.56 Å². The highest BCUT2D eigenvalue weighted by atomic mass is 19.1. The maximum absolute atomic E-state index is 13.2. The molecule has 4 rings (SSSR count). The number of fused-ring (bicyclic) bond motifs is 1. The fourth-order valence-corrected chi connectivity index (χ4v) is 2.92. The van der Waals surface area contributed by atoms with Crippen LogP contribution in [0.25, 0.3) is 16.9 Å². The number of nitro benzene ring substituents is 1. The second-order valence-electron chi connectivity index (χ2n) is 5.54. The summed E-state index contributed by atoms with van der Waals surface area (Å²) in [7, 11) is 0. The molecule has 0 fully saturated rings. The van der Waals surface area contributed by atoms with Gasteiger partial charge in [-0.15, -0.1) is 0 Å². The zero-order chi connectivity index (χ0) is 16.7. The lowest BCUT2D eigenvalue weighted by atomic mass is 10.1. The van der Waals surface area contributed by atoms with E-state index in [0.717, 1.165) is 41.3 Å². The van der Waals surface area contributed by atoms with Crippen molar-refractivity contribution in [1.82, 2.24) is 9.78 Å². The molecule has 0 saturated heterocycles. The predicted octanol–water partition coefficient (Wildman–Crippen LogP) is 3.55. The molecule has 0 saturated carbocycles. The Morgan fingerprint density at radius 3 is 2.50 bits per heavy atom. The smallest absolute Gasteiger partial charge is 0.269 e. The molecule has 3 aromatic rings. The van der Waals surface area contributed by atoms with Crippen molar-refractivity contribution in [3.63, 3.8) is 0 Å². The van der Waals surface area contributed by atoms with Crippen LogP contribution < -0.4 is 5.32 Å². The number of aromatic nitrogens is 2. The molecule has 24 heavy (non-hydrogen) atoms. The van der Waals surface area contributed by atoms with Gasteiger partial charge in [-0.1, -0.05) is 0 Å². The van der Waals surface area contributed by atoms with Gasteiger partial charge in [0.25, 0.3) is 5.69 Å². The van der Waals surface area contributed by atoms with E-state index in [1.54, 1.807) is 28.9 Å². The lowest BCUT2D eigenvalue weighted by molar-refractivity contribution is -0.384. The van der Waals surface area contributed by atoms with Gasteiger partial charge in [-0.25, -0.2) is 9.07 Å². The first-order chi connectivity index (χ1) is 11.6. The molecule has 0 spiro atoms. The molecule has 1 N–H and O–H groups in total. The Balaban J connectivity index is 1.81. The monoisotopic (exact) mass is 324 g/mol. The lowest BCUT2D eigenvalue weighted by Gasteiger charge is -2.06. The van der Waals surface area contributed by atoms with E-state index in [4.69, 9.17) is 0 Å². The van der Waals surface area contributed by atoms with Gasteiger partial charge in [0.15, 0.2) is 0 Å². The second kappa shape index (κ2) is 5.45. The fraction of sp³-hybridized carbons (Fsp3) is 0.118. The van der Waals surface area contributed by atoms with Gasteiger partial charge in [0.2, 0.25) is 0 Å². The molecular weight excluding hydrogens is 311 g/mol. The van der Waals surface area contributed by atoms with E-state index in [-0.39, 0.29) is 11.5 Å². The minimum atomic E-state index is -0.431. The third kappa shape index (κ3) is 2.30. The Labute approximate surface area is 136 Å². The highest BCUT2D eigenvalue weighted by Crippen LogP contribution is 2.34. The van der Waals surface area contributed by atoms with Crippen LogP contribution in [0, 0.1) is 15.9 Å². The van der Waals surface area contributed by atoms with Crippen molar-refractivity contribution in [2.24, 2.45) is 0 Å². The highest BCUT2D eigenvalue weighted by molar-refractivity contribution is 5.72. The van der Waals surface area contributed by atoms with Gasteiger partial charge in [0, 0.05) is 29.8 Å². The van der Waals surface area contributed by atoms with E-state index >= 15 is 0 Å². The molecule has 1 aliphatic rings. The Hall–Kier alpha value is -3.22. The predicted molar refractivity (Wildman–Crippen MR) is 87.8 cm³/mol. The second-order valence-corrected chi connectivity index (χ2v) is 5.54. The van der Waals surface area contributed by atoms with Crippen molar-refractivity contribution in [2.45, 2.75) is 6.42 Å². The molecule has 1 aliphatic heterocycles. The summed E-state index contributed by atoms with van der Waals surface area (Å²) < 4.78 is 14.9. The van der Waals surface area contributed by atoms with Crippen LogP contribution in [0.2, 0.25) is 0 Å². The van der Waals surface area contributed by atoms with Gasteiger partial charge in [-0.05, 0) is 42.8 Å². The summed E-state index contributed by atoms with van der Waals surface area (Å²) in [5, 5.41) is 18.7. The summed E-state index contributed by atoms with van der Waals surface area (Å²) in [6.45, 7) is 0.800.